The van der Waals surface area contributed by atoms with Crippen LogP contribution in [0.25, 0.3) is 0 Å². The van der Waals surface area contributed by atoms with Gasteiger partial charge in [-0.2, -0.15) is 0 Å². The molecule has 0 heterocycles. The number of hydrogen-bond acceptors (Lipinski definition) is 0. The van der Waals surface area contributed by atoms with Crippen molar-refractivity contribution in [1.82, 2.24) is 0 Å². The van der Waals surface area contributed by atoms with Crippen molar-refractivity contribution >= 4 is 23.9 Å². The first-order valence-electron chi connectivity index (χ1n) is 0. The fraction of sp³-hybridized carbons (Fsp3) is 0. The fourth-order valence-electron chi connectivity index (χ4n) is 0. The molecule has 2 radical (unpaired) electrons. The molecule has 26 valence electrons. The van der Waals surface area contributed by atoms with Crippen LogP contribution in [0.5, 0.6) is 0 Å². The topological polar surface area (TPSA) is 63.0 Å². The van der Waals surface area contributed by atoms with Crippen molar-refractivity contribution < 1.29 is 23.4 Å². The molecule has 0 aromatic carbocycles. The van der Waals surface area contributed by atoms with Crippen LogP contribution in [0, 0.1) is 12.4 Å². The van der Waals surface area contributed by atoms with E-state index in [2.05, 4.69) is 0 Å². The third kappa shape index (κ3) is 11.9. The summed E-state index contributed by atoms with van der Waals surface area (Å²) in [6.07, 6.45) is 0. The Morgan fingerprint density at radius 1 is 0.750 bits per heavy atom. The first-order chi connectivity index (χ1) is 0. The number of rotatable bonds is 0. The van der Waals surface area contributed by atoms with Gasteiger partial charge < -0.3 is 11.0 Å². The average Bonchev–Trinajstić information content (AvgIpc) is 0. The summed E-state index contributed by atoms with van der Waals surface area (Å²) in [6, 6.07) is 0. The second-order valence-electron chi connectivity index (χ2n) is 0. The number of hydrogen-bond donors (Lipinski definition) is 0. The first-order valence-corrected chi connectivity index (χ1v) is 0. The van der Waals surface area contributed by atoms with E-state index >= 15 is 0 Å². The van der Waals surface area contributed by atoms with Gasteiger partial charge in [-0.15, -0.1) is 0 Å². The molecular weight excluding hydrogens is 186 g/mol. The summed E-state index contributed by atoms with van der Waals surface area (Å²) < 4.78 is 0. The summed E-state index contributed by atoms with van der Waals surface area (Å²) in [5.74, 6) is 0. The zero-order valence-electron chi connectivity index (χ0n) is 1.95. The van der Waals surface area contributed by atoms with Crippen LogP contribution >= 0.6 is 0 Å². The second kappa shape index (κ2) is 35.7. The van der Waals surface area contributed by atoms with E-state index in [4.69, 9.17) is 0 Å². The molecule has 0 aromatic rings. The molecule has 0 rings (SSSR count). The van der Waals surface area contributed by atoms with Crippen LogP contribution in [0.15, 0.2) is 0 Å². The van der Waals surface area contributed by atoms with E-state index in [0.717, 1.165) is 0 Å². The fourth-order valence-corrected chi connectivity index (χ4v) is 0. The predicted molar refractivity (Wildman–Crippen MR) is 15.8 cm³/mol. The van der Waals surface area contributed by atoms with Gasteiger partial charge in [0.25, 0.3) is 0 Å². The van der Waals surface area contributed by atoms with Gasteiger partial charge in [0.2, 0.25) is 0 Å². The van der Waals surface area contributed by atoms with Crippen molar-refractivity contribution in [3.63, 3.8) is 0 Å². The van der Waals surface area contributed by atoms with Gasteiger partial charge in [0.1, 0.15) is 0 Å². The second-order valence-corrected chi connectivity index (χ2v) is 0. The molecule has 0 aliphatic carbocycles. The molecule has 0 saturated heterocycles. The monoisotopic (exact) mass is 193 g/mol. The molecule has 0 amide bonds. The van der Waals surface area contributed by atoms with E-state index in [1.54, 1.807) is 0 Å². The Morgan fingerprint density at radius 3 is 0.750 bits per heavy atom. The molecule has 0 spiro atoms. The minimum Gasteiger partial charge on any atom is -0.412 e. The van der Waals surface area contributed by atoms with Gasteiger partial charge in [-0.05, 0) is 0 Å². The smallest absolute Gasteiger partial charge is 0.412 e. The minimum absolute atomic E-state index is 0. The Kier molecular flexibility index (Phi) is 705. The molecule has 4 N–H and O–H groups in total. The SMILES string of the molecule is O.O.[ClH2+].[Sn+2]. The van der Waals surface area contributed by atoms with Gasteiger partial charge in [0, 0.05) is 0 Å². The van der Waals surface area contributed by atoms with Gasteiger partial charge in [-0.1, -0.05) is 0 Å². The van der Waals surface area contributed by atoms with Crippen LogP contribution in [0.1, 0.15) is 0 Å². The molecule has 0 aliphatic rings. The average molecular weight is 192 g/mol. The first kappa shape index (κ1) is 79.1. The van der Waals surface area contributed by atoms with E-state index in [1.807, 2.05) is 0 Å². The van der Waals surface area contributed by atoms with E-state index in [1.165, 1.54) is 0 Å². The molecule has 4 heteroatoms. The summed E-state index contributed by atoms with van der Waals surface area (Å²) >= 11 is 0. The Labute approximate surface area is 47.6 Å². The van der Waals surface area contributed by atoms with Crippen LogP contribution in [0.4, 0.5) is 0 Å². The van der Waals surface area contributed by atoms with Gasteiger partial charge >= 0.3 is 23.9 Å². The van der Waals surface area contributed by atoms with Crippen LogP contribution in [-0.4, -0.2) is 34.9 Å². The Bertz CT molecular complexity index is 6.00. The van der Waals surface area contributed by atoms with Gasteiger partial charge in [0.15, 0.2) is 0 Å². The largest absolute Gasteiger partial charge is 2.00 e. The third-order valence-corrected chi connectivity index (χ3v) is 0. The van der Waals surface area contributed by atoms with Crippen LogP contribution in [-0.2, 0) is 0 Å². The molecule has 0 fully saturated rings. The summed E-state index contributed by atoms with van der Waals surface area (Å²) in [7, 11) is 0. The van der Waals surface area contributed by atoms with E-state index in [-0.39, 0.29) is 47.3 Å². The zero-order valence-corrected chi connectivity index (χ0v) is 5.70. The van der Waals surface area contributed by atoms with Crippen molar-refractivity contribution in [1.29, 1.82) is 0 Å². The molecule has 0 atom stereocenters. The van der Waals surface area contributed by atoms with Crippen LogP contribution < -0.4 is 0 Å². The summed E-state index contributed by atoms with van der Waals surface area (Å²) in [6.45, 7) is 0. The summed E-state index contributed by atoms with van der Waals surface area (Å²) in [4.78, 5) is 0. The van der Waals surface area contributed by atoms with Gasteiger partial charge in [0.05, 0.1) is 12.4 Å². The summed E-state index contributed by atoms with van der Waals surface area (Å²) in [5, 5.41) is 0. The molecule has 0 unspecified atom stereocenters. The van der Waals surface area contributed by atoms with Crippen molar-refractivity contribution in [3.8, 4) is 0 Å². The maximum absolute atomic E-state index is 0. The Balaban J connectivity index is 0. The van der Waals surface area contributed by atoms with Gasteiger partial charge in [-0.3, -0.25) is 0 Å². The van der Waals surface area contributed by atoms with Crippen molar-refractivity contribution in [3.05, 3.63) is 0 Å². The molecule has 0 saturated carbocycles. The molecule has 0 aliphatic heterocycles. The van der Waals surface area contributed by atoms with Crippen molar-refractivity contribution in [2.45, 2.75) is 0 Å². The Morgan fingerprint density at radius 2 is 0.750 bits per heavy atom. The maximum Gasteiger partial charge on any atom is 2.00 e. The summed E-state index contributed by atoms with van der Waals surface area (Å²) in [5.41, 5.74) is 0. The number of halogens is 1. The molecule has 2 nitrogen and oxygen atoms in total. The predicted octanol–water partition coefficient (Wildman–Crippen LogP) is -2.57. The molecule has 0 bridgehead atoms. The third-order valence-electron chi connectivity index (χ3n) is 0. The molecule has 0 aromatic heterocycles. The van der Waals surface area contributed by atoms with E-state index in [0.29, 0.717) is 0 Å². The molecular formula is H6ClO2Sn+3. The van der Waals surface area contributed by atoms with Gasteiger partial charge in [-0.25, -0.2) is 0 Å². The maximum atomic E-state index is 0. The normalized spacial score (nSPS) is 0. The van der Waals surface area contributed by atoms with Crippen LogP contribution in [0.2, 0.25) is 0 Å². The zero-order chi connectivity index (χ0) is 0. The quantitative estimate of drug-likeness (QED) is 0.379. The van der Waals surface area contributed by atoms with E-state index in [9.17, 15) is 0 Å². The van der Waals surface area contributed by atoms with E-state index < -0.39 is 0 Å². The standard InChI is InChI=1S/ClH2.2H2O.Sn/h3*1H2;/q+1;;;+2. The van der Waals surface area contributed by atoms with Crippen molar-refractivity contribution in [2.24, 2.45) is 0 Å². The minimum atomic E-state index is 0. The molecule has 4 heavy (non-hydrogen) atoms. The Hall–Kier alpha value is 1.01. The van der Waals surface area contributed by atoms with Crippen molar-refractivity contribution in [2.75, 3.05) is 0 Å². The van der Waals surface area contributed by atoms with Crippen LogP contribution in [0.3, 0.4) is 0 Å².